The highest BCUT2D eigenvalue weighted by atomic mass is 79.9. The molecule has 0 bridgehead atoms. The summed E-state index contributed by atoms with van der Waals surface area (Å²) in [7, 11) is 0. The first-order chi connectivity index (χ1) is 10.8. The number of carbonyl (C=O) groups is 1. The molecule has 0 aromatic heterocycles. The van der Waals surface area contributed by atoms with Crippen molar-refractivity contribution in [3.8, 4) is 0 Å². The zero-order valence-electron chi connectivity index (χ0n) is 14.2. The number of hydrogen-bond donors (Lipinski definition) is 3. The van der Waals surface area contributed by atoms with Crippen LogP contribution in [0.25, 0.3) is 0 Å². The van der Waals surface area contributed by atoms with Crippen molar-refractivity contribution in [2.45, 2.75) is 52.0 Å². The topological polar surface area (TPSA) is 79.0 Å². The van der Waals surface area contributed by atoms with Crippen LogP contribution in [0.3, 0.4) is 0 Å². The maximum atomic E-state index is 11.6. The summed E-state index contributed by atoms with van der Waals surface area (Å²) in [6.45, 7) is 8.71. The Morgan fingerprint density at radius 1 is 1.48 bits per heavy atom. The predicted octanol–water partition coefficient (Wildman–Crippen LogP) is 3.94. The molecule has 0 saturated heterocycles. The maximum Gasteiger partial charge on any atom is 0.129 e. The van der Waals surface area contributed by atoms with Crippen LogP contribution in [-0.4, -0.2) is 12.5 Å². The van der Waals surface area contributed by atoms with Crippen LogP contribution in [0.5, 0.6) is 0 Å². The molecule has 126 valence electrons. The van der Waals surface area contributed by atoms with E-state index in [2.05, 4.69) is 41.2 Å². The van der Waals surface area contributed by atoms with Crippen molar-refractivity contribution in [1.82, 2.24) is 5.32 Å². The van der Waals surface area contributed by atoms with Gasteiger partial charge in [-0.25, -0.2) is 0 Å². The van der Waals surface area contributed by atoms with Crippen molar-refractivity contribution < 1.29 is 4.79 Å². The summed E-state index contributed by atoms with van der Waals surface area (Å²) in [5.74, 6) is 0.786. The van der Waals surface area contributed by atoms with E-state index >= 15 is 0 Å². The van der Waals surface area contributed by atoms with Gasteiger partial charge in [-0.3, -0.25) is 0 Å². The Morgan fingerprint density at radius 2 is 2.13 bits per heavy atom. The van der Waals surface area contributed by atoms with Crippen molar-refractivity contribution in [3.63, 3.8) is 0 Å². The van der Waals surface area contributed by atoms with Gasteiger partial charge in [0.15, 0.2) is 0 Å². The molecule has 1 unspecified atom stereocenters. The summed E-state index contributed by atoms with van der Waals surface area (Å²) in [4.78, 5) is 11.6. The molecule has 0 fully saturated rings. The summed E-state index contributed by atoms with van der Waals surface area (Å²) in [5, 5.41) is 10.3. The standard InChI is InChI=1S/C18H26BrN3O/c1-5-12(2)14-8-6-7-13(16(14)18(3,4)11-23)10-22-17(21)15(19)9-20/h6-9,11-12,20,22H,5,10,21H2,1-4H3/b17-15-,20-9?. The number of nitrogens with one attached hydrogen (secondary N) is 2. The number of hydrogen-bond acceptors (Lipinski definition) is 4. The lowest BCUT2D eigenvalue weighted by Gasteiger charge is -2.28. The lowest BCUT2D eigenvalue weighted by molar-refractivity contribution is -0.111. The molecule has 0 aliphatic carbocycles. The molecule has 0 radical (unpaired) electrons. The van der Waals surface area contributed by atoms with Gasteiger partial charge in [-0.15, -0.1) is 0 Å². The Morgan fingerprint density at radius 3 is 2.65 bits per heavy atom. The van der Waals surface area contributed by atoms with E-state index in [1.165, 1.54) is 5.56 Å². The van der Waals surface area contributed by atoms with Crippen LogP contribution in [0.4, 0.5) is 0 Å². The van der Waals surface area contributed by atoms with Crippen LogP contribution >= 0.6 is 15.9 Å². The SMILES string of the molecule is CCC(C)c1cccc(CN/C(N)=C(\Br)C=N)c1C(C)(C)C=O. The van der Waals surface area contributed by atoms with Crippen LogP contribution in [0.1, 0.15) is 56.7 Å². The van der Waals surface area contributed by atoms with E-state index in [4.69, 9.17) is 11.1 Å². The highest BCUT2D eigenvalue weighted by Crippen LogP contribution is 2.34. The lowest BCUT2D eigenvalue weighted by Crippen LogP contribution is -2.27. The summed E-state index contributed by atoms with van der Waals surface area (Å²) in [5.41, 5.74) is 8.65. The van der Waals surface area contributed by atoms with Crippen molar-refractivity contribution in [3.05, 3.63) is 45.2 Å². The first-order valence-electron chi connectivity index (χ1n) is 7.76. The predicted molar refractivity (Wildman–Crippen MR) is 100 cm³/mol. The fourth-order valence-corrected chi connectivity index (χ4v) is 2.74. The van der Waals surface area contributed by atoms with Gasteiger partial charge in [-0.2, -0.15) is 0 Å². The van der Waals surface area contributed by atoms with Gasteiger partial charge in [0.05, 0.1) is 4.48 Å². The van der Waals surface area contributed by atoms with Crippen LogP contribution in [0.15, 0.2) is 28.5 Å². The molecule has 0 aliphatic rings. The van der Waals surface area contributed by atoms with Gasteiger partial charge in [0.1, 0.15) is 12.1 Å². The van der Waals surface area contributed by atoms with Crippen molar-refractivity contribution in [2.24, 2.45) is 5.73 Å². The third-order valence-corrected chi connectivity index (χ3v) is 4.77. The Hall–Kier alpha value is -1.62. The van der Waals surface area contributed by atoms with E-state index in [1.54, 1.807) is 0 Å². The molecule has 1 atom stereocenters. The molecule has 0 amide bonds. The van der Waals surface area contributed by atoms with Crippen molar-refractivity contribution >= 4 is 28.4 Å². The number of aldehydes is 1. The number of halogens is 1. The second-order valence-corrected chi connectivity index (χ2v) is 7.14. The summed E-state index contributed by atoms with van der Waals surface area (Å²) < 4.78 is 0.506. The van der Waals surface area contributed by atoms with E-state index in [9.17, 15) is 4.79 Å². The third-order valence-electron chi connectivity index (χ3n) is 4.12. The van der Waals surface area contributed by atoms with E-state index in [1.807, 2.05) is 26.0 Å². The van der Waals surface area contributed by atoms with Gasteiger partial charge in [0.2, 0.25) is 0 Å². The summed E-state index contributed by atoms with van der Waals surface area (Å²) in [6.07, 6.45) is 3.17. The number of nitrogens with two attached hydrogens (primary N) is 1. The molecule has 1 aromatic rings. The third kappa shape index (κ3) is 4.67. The van der Waals surface area contributed by atoms with Crippen LogP contribution in [-0.2, 0) is 16.8 Å². The molecular formula is C18H26BrN3O. The summed E-state index contributed by atoms with van der Waals surface area (Å²) >= 11 is 3.23. The Labute approximate surface area is 147 Å². The molecule has 0 saturated carbocycles. The molecule has 1 aromatic carbocycles. The zero-order chi connectivity index (χ0) is 17.6. The largest absolute Gasteiger partial charge is 0.385 e. The second-order valence-electron chi connectivity index (χ2n) is 6.29. The average Bonchev–Trinajstić information content (AvgIpc) is 2.57. The molecule has 4 nitrogen and oxygen atoms in total. The number of benzene rings is 1. The number of carbonyl (C=O) groups excluding carboxylic acids is 1. The maximum absolute atomic E-state index is 11.6. The van der Waals surface area contributed by atoms with Crippen LogP contribution < -0.4 is 11.1 Å². The molecule has 0 spiro atoms. The van der Waals surface area contributed by atoms with Gasteiger partial charge in [0.25, 0.3) is 0 Å². The molecule has 0 heterocycles. The molecule has 5 heteroatoms. The smallest absolute Gasteiger partial charge is 0.129 e. The van der Waals surface area contributed by atoms with E-state index in [0.29, 0.717) is 22.8 Å². The van der Waals surface area contributed by atoms with E-state index < -0.39 is 5.41 Å². The number of rotatable bonds is 8. The van der Waals surface area contributed by atoms with Gasteiger partial charge in [0, 0.05) is 18.2 Å². The second kappa shape index (κ2) is 8.29. The van der Waals surface area contributed by atoms with Crippen LogP contribution in [0, 0.1) is 5.41 Å². The quantitative estimate of drug-likeness (QED) is 0.472. The molecular weight excluding hydrogens is 354 g/mol. The minimum atomic E-state index is -0.561. The lowest BCUT2D eigenvalue weighted by atomic mass is 9.76. The highest BCUT2D eigenvalue weighted by Gasteiger charge is 2.27. The van der Waals surface area contributed by atoms with Crippen molar-refractivity contribution in [1.29, 1.82) is 5.41 Å². The van der Waals surface area contributed by atoms with Crippen molar-refractivity contribution in [2.75, 3.05) is 0 Å². The highest BCUT2D eigenvalue weighted by molar-refractivity contribution is 9.12. The fraction of sp³-hybridized carbons (Fsp3) is 0.444. The first kappa shape index (κ1) is 19.4. The van der Waals surface area contributed by atoms with E-state index in [0.717, 1.165) is 30.0 Å². The first-order valence-corrected chi connectivity index (χ1v) is 8.55. The van der Waals surface area contributed by atoms with Gasteiger partial charge in [-0.1, -0.05) is 32.0 Å². The molecule has 0 aliphatic heterocycles. The molecule has 4 N–H and O–H groups in total. The molecule has 23 heavy (non-hydrogen) atoms. The van der Waals surface area contributed by atoms with E-state index in [-0.39, 0.29) is 0 Å². The van der Waals surface area contributed by atoms with Crippen LogP contribution in [0.2, 0.25) is 0 Å². The average molecular weight is 380 g/mol. The normalized spacial score (nSPS) is 14.0. The zero-order valence-corrected chi connectivity index (χ0v) is 15.8. The fourth-order valence-electron chi connectivity index (χ4n) is 2.60. The van der Waals surface area contributed by atoms with Gasteiger partial charge in [-0.05, 0) is 58.8 Å². The number of allylic oxidation sites excluding steroid dienone is 1. The minimum absolute atomic E-state index is 0.380. The van der Waals surface area contributed by atoms with Gasteiger partial charge < -0.3 is 21.3 Å². The Bertz CT molecular complexity index is 608. The molecule has 1 rings (SSSR count). The Balaban J connectivity index is 3.32. The summed E-state index contributed by atoms with van der Waals surface area (Å²) in [6, 6.07) is 6.14. The monoisotopic (exact) mass is 379 g/mol. The van der Waals surface area contributed by atoms with Gasteiger partial charge >= 0.3 is 0 Å². The minimum Gasteiger partial charge on any atom is -0.385 e. The Kier molecular flexibility index (Phi) is 7.01.